The van der Waals surface area contributed by atoms with Crippen LogP contribution in [0.15, 0.2) is 67.1 Å². The van der Waals surface area contributed by atoms with Gasteiger partial charge in [0, 0.05) is 6.54 Å². The van der Waals surface area contributed by atoms with Gasteiger partial charge < -0.3 is 15.5 Å². The average Bonchev–Trinajstić information content (AvgIpc) is 3.52. The number of rotatable bonds is 10. The molecular weight excluding hydrogens is 476 g/mol. The summed E-state index contributed by atoms with van der Waals surface area (Å²) in [5.74, 6) is 0.0800. The van der Waals surface area contributed by atoms with Gasteiger partial charge in [0.15, 0.2) is 10.1 Å². The second-order valence-corrected chi connectivity index (χ2v) is 9.38. The van der Waals surface area contributed by atoms with Crippen molar-refractivity contribution in [2.45, 2.75) is 30.9 Å². The van der Waals surface area contributed by atoms with Crippen molar-refractivity contribution in [1.82, 2.24) is 19.3 Å². The number of hydrogen-bond acceptors (Lipinski definition) is 10. The number of nitrogen functional groups attached to an aromatic ring is 1. The molecule has 1 aromatic carbocycles. The lowest BCUT2D eigenvalue weighted by molar-refractivity contribution is 0.102. The summed E-state index contributed by atoms with van der Waals surface area (Å²) < 4.78 is 8.11. The van der Waals surface area contributed by atoms with Gasteiger partial charge in [-0.3, -0.25) is 18.7 Å². The number of nitrogens with two attached hydrogens (primary N) is 1. The molecule has 3 aromatic heterocycles. The van der Waals surface area contributed by atoms with E-state index >= 15 is 0 Å². The fourth-order valence-electron chi connectivity index (χ4n) is 3.29. The molecule has 0 amide bonds. The molecule has 0 aliphatic rings. The molecule has 0 fully saturated rings. The molecule has 3 heterocycles. The molecular formula is C22H22N6O4S2. The smallest absolute Gasteiger partial charge is 0.332 e. The number of carbonyl (C=O) groups is 1. The number of ketones is 1. The predicted molar refractivity (Wildman–Crippen MR) is 132 cm³/mol. The van der Waals surface area contributed by atoms with Crippen LogP contribution in [-0.2, 0) is 19.6 Å². The van der Waals surface area contributed by atoms with Crippen LogP contribution in [0.25, 0.3) is 0 Å². The molecule has 0 aliphatic carbocycles. The summed E-state index contributed by atoms with van der Waals surface area (Å²) in [5.41, 5.74) is 5.60. The highest BCUT2D eigenvalue weighted by molar-refractivity contribution is 8.01. The zero-order valence-electron chi connectivity index (χ0n) is 18.3. The summed E-state index contributed by atoms with van der Waals surface area (Å²) in [6, 6.07) is 12.9. The first kappa shape index (κ1) is 23.5. The largest absolute Gasteiger partial charge is 0.467 e. The minimum absolute atomic E-state index is 0.0699. The van der Waals surface area contributed by atoms with Crippen LogP contribution >= 0.6 is 23.1 Å². The van der Waals surface area contributed by atoms with E-state index in [1.165, 1.54) is 15.9 Å². The third-order valence-electron chi connectivity index (χ3n) is 4.97. The Labute approximate surface area is 202 Å². The molecule has 176 valence electrons. The van der Waals surface area contributed by atoms with Crippen molar-refractivity contribution in [3.8, 4) is 0 Å². The van der Waals surface area contributed by atoms with E-state index < -0.39 is 17.0 Å². The third-order valence-corrected chi connectivity index (χ3v) is 6.99. The van der Waals surface area contributed by atoms with Gasteiger partial charge in [0.05, 0.1) is 25.1 Å². The van der Waals surface area contributed by atoms with Crippen LogP contribution in [0.2, 0.25) is 0 Å². The predicted octanol–water partition coefficient (Wildman–Crippen LogP) is 2.69. The number of aromatic nitrogens is 4. The standard InChI is InChI=1S/C22H22N6O4S2/c1-2-27-19(30)17(18(23)28(22(27)31)12-14-7-4-3-5-8-14)16(29)13-33-21-26-25-20(34-21)24-11-15-9-6-10-32-15/h3-10H,2,11-13,23H2,1H3,(H,24,25). The number of thioether (sulfide) groups is 1. The van der Waals surface area contributed by atoms with Gasteiger partial charge in [0.25, 0.3) is 5.56 Å². The molecule has 0 spiro atoms. The second-order valence-electron chi connectivity index (χ2n) is 7.18. The number of nitrogens with one attached hydrogen (secondary N) is 1. The van der Waals surface area contributed by atoms with E-state index in [1.807, 2.05) is 36.4 Å². The van der Waals surface area contributed by atoms with Gasteiger partial charge >= 0.3 is 5.69 Å². The van der Waals surface area contributed by atoms with Gasteiger partial charge in [-0.1, -0.05) is 53.4 Å². The van der Waals surface area contributed by atoms with E-state index in [2.05, 4.69) is 15.5 Å². The lowest BCUT2D eigenvalue weighted by Crippen LogP contribution is -2.44. The average molecular weight is 499 g/mol. The molecule has 0 bridgehead atoms. The van der Waals surface area contributed by atoms with Crippen LogP contribution in [0.4, 0.5) is 10.9 Å². The van der Waals surface area contributed by atoms with Gasteiger partial charge in [-0.05, 0) is 24.6 Å². The maximum Gasteiger partial charge on any atom is 0.332 e. The third kappa shape index (κ3) is 5.13. The molecule has 0 saturated heterocycles. The molecule has 34 heavy (non-hydrogen) atoms. The molecule has 3 N–H and O–H groups in total. The first-order chi connectivity index (χ1) is 16.5. The SMILES string of the molecule is CCn1c(=O)c(C(=O)CSc2nnc(NCc3ccco3)s2)c(N)n(Cc2ccccc2)c1=O. The van der Waals surface area contributed by atoms with Gasteiger partial charge in [-0.15, -0.1) is 10.2 Å². The summed E-state index contributed by atoms with van der Waals surface area (Å²) in [4.78, 5) is 38.8. The summed E-state index contributed by atoms with van der Waals surface area (Å²) in [6.07, 6.45) is 1.59. The van der Waals surface area contributed by atoms with Crippen molar-refractivity contribution in [3.63, 3.8) is 0 Å². The number of Topliss-reactive ketones (excluding diaryl/α,β-unsaturated/α-hetero) is 1. The number of carbonyl (C=O) groups excluding carboxylic acids is 1. The maximum absolute atomic E-state index is 13.0. The Morgan fingerprint density at radius 3 is 2.65 bits per heavy atom. The number of hydrogen-bond donors (Lipinski definition) is 2. The monoisotopic (exact) mass is 498 g/mol. The lowest BCUT2D eigenvalue weighted by Gasteiger charge is -2.15. The summed E-state index contributed by atoms with van der Waals surface area (Å²) in [7, 11) is 0. The highest BCUT2D eigenvalue weighted by Gasteiger charge is 2.23. The highest BCUT2D eigenvalue weighted by Crippen LogP contribution is 2.26. The fourth-order valence-corrected chi connectivity index (χ4v) is 4.91. The van der Waals surface area contributed by atoms with Crippen molar-refractivity contribution in [2.24, 2.45) is 0 Å². The van der Waals surface area contributed by atoms with E-state index in [4.69, 9.17) is 10.2 Å². The minimum atomic E-state index is -0.682. The highest BCUT2D eigenvalue weighted by atomic mass is 32.2. The normalized spacial score (nSPS) is 11.0. The summed E-state index contributed by atoms with van der Waals surface area (Å²) >= 11 is 2.43. The Kier molecular flexibility index (Phi) is 7.28. The Morgan fingerprint density at radius 2 is 1.94 bits per heavy atom. The number of benzene rings is 1. The van der Waals surface area contributed by atoms with E-state index in [0.717, 1.165) is 27.7 Å². The minimum Gasteiger partial charge on any atom is -0.467 e. The number of nitrogens with zero attached hydrogens (tertiary/aromatic N) is 4. The molecule has 4 rings (SSSR count). The van der Waals surface area contributed by atoms with Gasteiger partial charge in [-0.25, -0.2) is 4.79 Å². The Bertz CT molecular complexity index is 1390. The summed E-state index contributed by atoms with van der Waals surface area (Å²) in [6.45, 7) is 2.41. The second kappa shape index (κ2) is 10.5. The van der Waals surface area contributed by atoms with E-state index in [-0.39, 0.29) is 30.2 Å². The number of furan rings is 1. The van der Waals surface area contributed by atoms with Crippen molar-refractivity contribution in [2.75, 3.05) is 16.8 Å². The molecule has 4 aromatic rings. The number of anilines is 2. The van der Waals surface area contributed by atoms with Crippen molar-refractivity contribution < 1.29 is 9.21 Å². The molecule has 10 nitrogen and oxygen atoms in total. The topological polar surface area (TPSA) is 138 Å². The molecule has 0 unspecified atom stereocenters. The van der Waals surface area contributed by atoms with Crippen LogP contribution < -0.4 is 22.3 Å². The molecule has 0 radical (unpaired) electrons. The lowest BCUT2D eigenvalue weighted by atomic mass is 10.2. The zero-order chi connectivity index (χ0) is 24.1. The first-order valence-corrected chi connectivity index (χ1v) is 12.2. The van der Waals surface area contributed by atoms with Crippen LogP contribution in [0.3, 0.4) is 0 Å². The van der Waals surface area contributed by atoms with Crippen LogP contribution in [0.1, 0.15) is 28.6 Å². The van der Waals surface area contributed by atoms with Gasteiger partial charge in [-0.2, -0.15) is 0 Å². The zero-order valence-corrected chi connectivity index (χ0v) is 19.9. The van der Waals surface area contributed by atoms with E-state index in [1.54, 1.807) is 19.3 Å². The molecule has 0 saturated carbocycles. The van der Waals surface area contributed by atoms with Crippen molar-refractivity contribution in [1.29, 1.82) is 0 Å². The summed E-state index contributed by atoms with van der Waals surface area (Å²) in [5, 5.41) is 11.8. The molecule has 0 atom stereocenters. The van der Waals surface area contributed by atoms with Crippen LogP contribution in [0, 0.1) is 0 Å². The molecule has 0 aliphatic heterocycles. The van der Waals surface area contributed by atoms with Gasteiger partial charge in [0.1, 0.15) is 17.1 Å². The van der Waals surface area contributed by atoms with Gasteiger partial charge in [0.2, 0.25) is 5.13 Å². The Balaban J connectivity index is 1.52. The first-order valence-electron chi connectivity index (χ1n) is 10.4. The van der Waals surface area contributed by atoms with Crippen molar-refractivity contribution >= 4 is 39.8 Å². The fraction of sp³-hybridized carbons (Fsp3) is 0.227. The van der Waals surface area contributed by atoms with E-state index in [0.29, 0.717) is 16.0 Å². The van der Waals surface area contributed by atoms with Crippen LogP contribution in [-0.4, -0.2) is 30.9 Å². The Morgan fingerprint density at radius 1 is 1.15 bits per heavy atom. The van der Waals surface area contributed by atoms with E-state index in [9.17, 15) is 14.4 Å². The van der Waals surface area contributed by atoms with Crippen LogP contribution in [0.5, 0.6) is 0 Å². The quantitative estimate of drug-likeness (QED) is 0.250. The Hall–Kier alpha value is -3.64. The van der Waals surface area contributed by atoms with Crippen molar-refractivity contribution in [3.05, 3.63) is 86.5 Å². The molecule has 12 heteroatoms. The maximum atomic E-state index is 13.0.